The number of benzene rings is 1. The summed E-state index contributed by atoms with van der Waals surface area (Å²) in [5, 5.41) is 12.5. The van der Waals surface area contributed by atoms with Crippen LogP contribution in [0.4, 0.5) is 0 Å². The minimum absolute atomic E-state index is 0.707. The number of thioether (sulfide) groups is 1. The second-order valence-corrected chi connectivity index (χ2v) is 3.24. The molecule has 0 atom stereocenters. The summed E-state index contributed by atoms with van der Waals surface area (Å²) in [6.45, 7) is 0. The molecule has 0 saturated heterocycles. The zero-order valence-electron chi connectivity index (χ0n) is 6.90. The van der Waals surface area contributed by atoms with Gasteiger partial charge >= 0.3 is 0 Å². The third-order valence-electron chi connectivity index (χ3n) is 1.55. The summed E-state index contributed by atoms with van der Waals surface area (Å²) in [6.07, 6.45) is 2.61. The molecule has 1 aromatic carbocycles. The zero-order chi connectivity index (χ0) is 8.81. The molecule has 1 aromatic rings. The Bertz CT molecular complexity index is 258. The van der Waals surface area contributed by atoms with Gasteiger partial charge in [0, 0.05) is 6.42 Å². The third-order valence-corrected chi connectivity index (χ3v) is 2.24. The van der Waals surface area contributed by atoms with Crippen LogP contribution in [0.1, 0.15) is 5.56 Å². The van der Waals surface area contributed by atoms with E-state index < -0.39 is 0 Å². The molecule has 3 heteroatoms. The van der Waals surface area contributed by atoms with Gasteiger partial charge in [0.2, 0.25) is 0 Å². The van der Waals surface area contributed by atoms with Crippen molar-refractivity contribution in [3.63, 3.8) is 0 Å². The largest absolute Gasteiger partial charge is 0.410 e. The lowest BCUT2D eigenvalue weighted by Gasteiger charge is -1.99. The van der Waals surface area contributed by atoms with Gasteiger partial charge in [0.1, 0.15) is 5.04 Å². The molecule has 0 fully saturated rings. The predicted octanol–water partition coefficient (Wildman–Crippen LogP) is 2.38. The fourth-order valence-corrected chi connectivity index (χ4v) is 1.31. The summed E-state index contributed by atoms with van der Waals surface area (Å²) in [5.74, 6) is 0. The molecule has 0 radical (unpaired) electrons. The predicted molar refractivity (Wildman–Crippen MR) is 52.9 cm³/mol. The molecule has 2 nitrogen and oxygen atoms in total. The number of rotatable bonds is 2. The van der Waals surface area contributed by atoms with E-state index in [1.807, 2.05) is 36.6 Å². The van der Waals surface area contributed by atoms with Crippen LogP contribution >= 0.6 is 11.8 Å². The summed E-state index contributed by atoms with van der Waals surface area (Å²) in [4.78, 5) is 0. The Morgan fingerprint density at radius 2 is 2.08 bits per heavy atom. The first-order valence-corrected chi connectivity index (χ1v) is 4.88. The molecular weight excluding hydrogens is 170 g/mol. The van der Waals surface area contributed by atoms with E-state index >= 15 is 0 Å². The Morgan fingerprint density at radius 1 is 1.42 bits per heavy atom. The highest BCUT2D eigenvalue weighted by atomic mass is 32.2. The monoisotopic (exact) mass is 181 g/mol. The van der Waals surface area contributed by atoms with Crippen LogP contribution in [-0.4, -0.2) is 16.5 Å². The van der Waals surface area contributed by atoms with Crippen molar-refractivity contribution in [2.75, 3.05) is 6.26 Å². The van der Waals surface area contributed by atoms with Gasteiger partial charge in [0.15, 0.2) is 0 Å². The molecule has 0 spiro atoms. The fraction of sp³-hybridized carbons (Fsp3) is 0.222. The fourth-order valence-electron chi connectivity index (χ4n) is 0.919. The van der Waals surface area contributed by atoms with Gasteiger partial charge < -0.3 is 5.21 Å². The zero-order valence-corrected chi connectivity index (χ0v) is 7.71. The molecule has 0 saturated carbocycles. The van der Waals surface area contributed by atoms with Crippen LogP contribution in [0.2, 0.25) is 0 Å². The van der Waals surface area contributed by atoms with Gasteiger partial charge in [-0.05, 0) is 11.8 Å². The quantitative estimate of drug-likeness (QED) is 0.329. The first-order chi connectivity index (χ1) is 5.86. The SMILES string of the molecule is CSC(Cc1ccccc1)=NO. The highest BCUT2D eigenvalue weighted by Crippen LogP contribution is 2.07. The summed E-state index contributed by atoms with van der Waals surface area (Å²) in [7, 11) is 0. The topological polar surface area (TPSA) is 32.6 Å². The van der Waals surface area contributed by atoms with Crippen LogP contribution in [0.3, 0.4) is 0 Å². The van der Waals surface area contributed by atoms with Gasteiger partial charge in [-0.3, -0.25) is 0 Å². The molecule has 1 N–H and O–H groups in total. The van der Waals surface area contributed by atoms with Crippen molar-refractivity contribution in [2.24, 2.45) is 5.16 Å². The van der Waals surface area contributed by atoms with Crippen molar-refractivity contribution < 1.29 is 5.21 Å². The van der Waals surface area contributed by atoms with Crippen molar-refractivity contribution in [2.45, 2.75) is 6.42 Å². The minimum atomic E-state index is 0.707. The number of oxime groups is 1. The average molecular weight is 181 g/mol. The van der Waals surface area contributed by atoms with Gasteiger partial charge in [-0.15, -0.1) is 11.8 Å². The Labute approximate surface area is 76.3 Å². The molecule has 0 unspecified atom stereocenters. The van der Waals surface area contributed by atoms with Gasteiger partial charge in [0.05, 0.1) is 0 Å². The highest BCUT2D eigenvalue weighted by molar-refractivity contribution is 8.13. The van der Waals surface area contributed by atoms with E-state index in [4.69, 9.17) is 5.21 Å². The second-order valence-electron chi connectivity index (χ2n) is 2.36. The number of hydrogen-bond acceptors (Lipinski definition) is 3. The van der Waals surface area contributed by atoms with Crippen LogP contribution in [0.25, 0.3) is 0 Å². The first kappa shape index (κ1) is 9.13. The molecule has 0 bridgehead atoms. The lowest BCUT2D eigenvalue weighted by molar-refractivity contribution is 0.320. The van der Waals surface area contributed by atoms with E-state index in [-0.39, 0.29) is 0 Å². The van der Waals surface area contributed by atoms with Gasteiger partial charge in [0.25, 0.3) is 0 Å². The second kappa shape index (κ2) is 4.83. The van der Waals surface area contributed by atoms with Crippen molar-refractivity contribution in [1.82, 2.24) is 0 Å². The molecule has 0 aliphatic heterocycles. The third kappa shape index (κ3) is 2.58. The maximum atomic E-state index is 8.55. The Kier molecular flexibility index (Phi) is 3.67. The molecule has 0 heterocycles. The van der Waals surface area contributed by atoms with Crippen LogP contribution in [-0.2, 0) is 6.42 Å². The average Bonchev–Trinajstić information content (AvgIpc) is 2.16. The number of nitrogens with zero attached hydrogens (tertiary/aromatic N) is 1. The van der Waals surface area contributed by atoms with Crippen molar-refractivity contribution in [3.8, 4) is 0 Å². The van der Waals surface area contributed by atoms with E-state index in [0.717, 1.165) is 5.04 Å². The lowest BCUT2D eigenvalue weighted by Crippen LogP contribution is -1.96. The van der Waals surface area contributed by atoms with Crippen LogP contribution < -0.4 is 0 Å². The van der Waals surface area contributed by atoms with Crippen molar-refractivity contribution >= 4 is 16.8 Å². The first-order valence-electron chi connectivity index (χ1n) is 3.65. The number of hydrogen-bond donors (Lipinski definition) is 1. The van der Waals surface area contributed by atoms with Gasteiger partial charge in [-0.25, -0.2) is 0 Å². The molecule has 0 aromatic heterocycles. The lowest BCUT2D eigenvalue weighted by atomic mass is 10.2. The Balaban J connectivity index is 2.64. The van der Waals surface area contributed by atoms with Crippen LogP contribution in [0.5, 0.6) is 0 Å². The molecule has 0 aliphatic carbocycles. The Morgan fingerprint density at radius 3 is 2.58 bits per heavy atom. The standard InChI is InChI=1S/C9H11NOS/c1-12-9(10-11)7-8-5-3-2-4-6-8/h2-6,11H,7H2,1H3. The maximum absolute atomic E-state index is 8.55. The van der Waals surface area contributed by atoms with E-state index in [1.165, 1.54) is 17.3 Å². The maximum Gasteiger partial charge on any atom is 0.116 e. The van der Waals surface area contributed by atoms with Crippen molar-refractivity contribution in [1.29, 1.82) is 0 Å². The normalized spacial score (nSPS) is 11.6. The van der Waals surface area contributed by atoms with E-state index in [1.54, 1.807) is 0 Å². The molecule has 1 rings (SSSR count). The van der Waals surface area contributed by atoms with E-state index in [9.17, 15) is 0 Å². The minimum Gasteiger partial charge on any atom is -0.410 e. The molecule has 0 amide bonds. The van der Waals surface area contributed by atoms with E-state index in [0.29, 0.717) is 6.42 Å². The highest BCUT2D eigenvalue weighted by Gasteiger charge is 1.98. The molecule has 0 aliphatic rings. The van der Waals surface area contributed by atoms with Crippen LogP contribution in [0.15, 0.2) is 35.5 Å². The van der Waals surface area contributed by atoms with E-state index in [2.05, 4.69) is 5.16 Å². The van der Waals surface area contributed by atoms with Gasteiger partial charge in [-0.1, -0.05) is 35.5 Å². The molecule has 64 valence electrons. The summed E-state index contributed by atoms with van der Waals surface area (Å²) < 4.78 is 0. The van der Waals surface area contributed by atoms with Crippen molar-refractivity contribution in [3.05, 3.63) is 35.9 Å². The summed E-state index contributed by atoms with van der Waals surface area (Å²) >= 11 is 1.46. The summed E-state index contributed by atoms with van der Waals surface area (Å²) in [5.41, 5.74) is 1.17. The van der Waals surface area contributed by atoms with Gasteiger partial charge in [-0.2, -0.15) is 0 Å². The molecule has 12 heavy (non-hydrogen) atoms. The molecular formula is C9H11NOS. The summed E-state index contributed by atoms with van der Waals surface area (Å²) in [6, 6.07) is 9.95. The smallest absolute Gasteiger partial charge is 0.116 e. The van der Waals surface area contributed by atoms with Crippen LogP contribution in [0, 0.1) is 0 Å². The Hall–Kier alpha value is -0.960.